The van der Waals surface area contributed by atoms with Crippen LogP contribution >= 0.6 is 16.1 Å². The first kappa shape index (κ1) is 39.9. The minimum absolute atomic E-state index is 0.0387. The Labute approximate surface area is 301 Å². The Balaban J connectivity index is 1.37. The van der Waals surface area contributed by atoms with E-state index in [0.29, 0.717) is 23.6 Å². The average molecular weight is 756 g/mol. The van der Waals surface area contributed by atoms with Gasteiger partial charge in [0.15, 0.2) is 8.46 Å². The van der Waals surface area contributed by atoms with Crippen molar-refractivity contribution in [3.8, 4) is 11.5 Å². The van der Waals surface area contributed by atoms with Gasteiger partial charge >= 0.3 is 20.8 Å². The van der Waals surface area contributed by atoms with E-state index in [-0.39, 0.29) is 37.5 Å². The molecule has 52 heavy (non-hydrogen) atoms. The summed E-state index contributed by atoms with van der Waals surface area (Å²) in [6, 6.07) is 13.1. The summed E-state index contributed by atoms with van der Waals surface area (Å²) in [5.41, 5.74) is -0.566. The van der Waals surface area contributed by atoms with Crippen LogP contribution in [-0.2, 0) is 29.9 Å². The van der Waals surface area contributed by atoms with Gasteiger partial charge in [-0.25, -0.2) is 9.78 Å². The van der Waals surface area contributed by atoms with Crippen LogP contribution in [0.15, 0.2) is 67.1 Å². The zero-order valence-electron chi connectivity index (χ0n) is 28.6. The molecule has 17 nitrogen and oxygen atoms in total. The number of carbonyl (C=O) groups is 4. The fourth-order valence-electron chi connectivity index (χ4n) is 5.05. The van der Waals surface area contributed by atoms with Crippen LogP contribution in [0.1, 0.15) is 49.2 Å². The first-order chi connectivity index (χ1) is 24.7. The SMILES string of the molecule is CC(C)C[C@H](NC(=O)[C@H](Cc1ccccc1)NC(=O)c1cnccn1)B1Oc2ccc(N(C)C(=O)OCCCC(=O)NC(P=O)P(=O)(O)O)cc2O1. The predicted octanol–water partition coefficient (Wildman–Crippen LogP) is 3.07. The largest absolute Gasteiger partial charge is 0.618 e. The summed E-state index contributed by atoms with van der Waals surface area (Å²) in [5.74, 6) is -1.61. The van der Waals surface area contributed by atoms with Gasteiger partial charge in [-0.15, -0.1) is 0 Å². The van der Waals surface area contributed by atoms with E-state index in [9.17, 15) is 28.3 Å². The van der Waals surface area contributed by atoms with Gasteiger partial charge in [-0.1, -0.05) is 44.2 Å². The van der Waals surface area contributed by atoms with Gasteiger partial charge in [0, 0.05) is 38.3 Å². The molecule has 2 heterocycles. The molecule has 0 radical (unpaired) electrons. The maximum Gasteiger partial charge on any atom is 0.618 e. The molecule has 0 aliphatic carbocycles. The van der Waals surface area contributed by atoms with Crippen molar-refractivity contribution < 1.29 is 52.1 Å². The molecule has 2 aromatic carbocycles. The molecule has 20 heteroatoms. The molecule has 0 saturated heterocycles. The van der Waals surface area contributed by atoms with E-state index in [0.717, 1.165) is 5.56 Å². The zero-order chi connectivity index (χ0) is 37.8. The van der Waals surface area contributed by atoms with E-state index < -0.39 is 64.5 Å². The number of carbonyl (C=O) groups excluding carboxylic acids is 4. The van der Waals surface area contributed by atoms with Gasteiger partial charge < -0.3 is 39.8 Å². The van der Waals surface area contributed by atoms with E-state index in [1.54, 1.807) is 18.2 Å². The minimum Gasteiger partial charge on any atom is -0.522 e. The summed E-state index contributed by atoms with van der Waals surface area (Å²) in [7, 11) is -5.19. The maximum absolute atomic E-state index is 13.8. The van der Waals surface area contributed by atoms with E-state index in [1.807, 2.05) is 49.5 Å². The summed E-state index contributed by atoms with van der Waals surface area (Å²) in [4.78, 5) is 78.8. The maximum atomic E-state index is 13.8. The van der Waals surface area contributed by atoms with Gasteiger partial charge in [0.05, 0.1) is 24.4 Å². The van der Waals surface area contributed by atoms with Crippen LogP contribution in [-0.4, -0.2) is 81.8 Å². The van der Waals surface area contributed by atoms with Crippen molar-refractivity contribution in [2.75, 3.05) is 18.6 Å². The van der Waals surface area contributed by atoms with E-state index in [1.165, 1.54) is 30.5 Å². The Morgan fingerprint density at radius 3 is 2.40 bits per heavy atom. The molecule has 1 unspecified atom stereocenters. The molecule has 4 rings (SSSR count). The highest BCUT2D eigenvalue weighted by atomic mass is 31.2. The Morgan fingerprint density at radius 1 is 1.02 bits per heavy atom. The highest BCUT2D eigenvalue weighted by molar-refractivity contribution is 7.61. The molecule has 0 bridgehead atoms. The summed E-state index contributed by atoms with van der Waals surface area (Å²) in [6.45, 7) is 3.78. The van der Waals surface area contributed by atoms with Crippen molar-refractivity contribution in [3.05, 3.63) is 78.4 Å². The molecule has 3 atom stereocenters. The normalized spacial score (nSPS) is 13.9. The summed E-state index contributed by atoms with van der Waals surface area (Å²) < 4.78 is 39.6. The number of fused-ring (bicyclic) bond motifs is 1. The molecular weight excluding hydrogens is 717 g/mol. The fourth-order valence-corrected chi connectivity index (χ4v) is 6.05. The average Bonchev–Trinajstić information content (AvgIpc) is 3.55. The summed E-state index contributed by atoms with van der Waals surface area (Å²) >= 11 is 0. The monoisotopic (exact) mass is 756 g/mol. The number of hydrogen-bond acceptors (Lipinski definition) is 11. The minimum atomic E-state index is -4.79. The van der Waals surface area contributed by atoms with Crippen molar-refractivity contribution in [1.29, 1.82) is 0 Å². The van der Waals surface area contributed by atoms with E-state index >= 15 is 0 Å². The molecule has 3 aromatic rings. The number of aromatic nitrogens is 2. The van der Waals surface area contributed by atoms with Crippen molar-refractivity contribution in [3.63, 3.8) is 0 Å². The molecule has 5 N–H and O–H groups in total. The lowest BCUT2D eigenvalue weighted by atomic mass is 9.74. The first-order valence-corrected chi connectivity index (χ1v) is 18.8. The highest BCUT2D eigenvalue weighted by Gasteiger charge is 2.43. The standard InChI is InChI=1S/C32H39BN6O11P2/c1-20(2)16-27(37-29(41)23(17-21-8-5-4-6-9-21)36-30(42)24-19-34-13-14-35-24)33-49-25-12-11-22(18-26(25)50-33)39(3)32(43)48-15-7-10-28(40)38-31(51-44)52(45,46)47/h4-6,8-9,11-14,18-20,23,27,31H,7,10,15-17H2,1-3H3,(H,36,42)(H,37,41)(H,38,40)(H2,45,46,47)/t23-,27-,31?/m0/s1. The zero-order valence-corrected chi connectivity index (χ0v) is 30.4. The van der Waals surface area contributed by atoms with Crippen LogP contribution in [0.2, 0.25) is 0 Å². The smallest absolute Gasteiger partial charge is 0.522 e. The number of amides is 4. The lowest BCUT2D eigenvalue weighted by Gasteiger charge is -2.25. The highest BCUT2D eigenvalue weighted by Crippen LogP contribution is 2.44. The number of nitrogens with zero attached hydrogens (tertiary/aromatic N) is 3. The second kappa shape index (κ2) is 18.6. The van der Waals surface area contributed by atoms with Crippen LogP contribution in [0.25, 0.3) is 0 Å². The third-order valence-electron chi connectivity index (χ3n) is 7.64. The van der Waals surface area contributed by atoms with Crippen LogP contribution in [0, 0.1) is 5.92 Å². The van der Waals surface area contributed by atoms with Crippen molar-refractivity contribution in [2.24, 2.45) is 5.92 Å². The second-order valence-corrected chi connectivity index (χ2v) is 15.0. The van der Waals surface area contributed by atoms with Crippen LogP contribution in [0.3, 0.4) is 0 Å². The fraction of sp³-hybridized carbons (Fsp3) is 0.375. The Morgan fingerprint density at radius 2 is 1.75 bits per heavy atom. The third-order valence-corrected chi connectivity index (χ3v) is 9.92. The third kappa shape index (κ3) is 11.6. The number of hydrogen-bond donors (Lipinski definition) is 5. The van der Waals surface area contributed by atoms with Crippen LogP contribution < -0.4 is 30.2 Å². The Bertz CT molecular complexity index is 1770. The number of rotatable bonds is 17. The van der Waals surface area contributed by atoms with Crippen molar-refractivity contribution in [2.45, 2.75) is 57.0 Å². The molecule has 1 aromatic heterocycles. The van der Waals surface area contributed by atoms with Crippen LogP contribution in [0.4, 0.5) is 10.5 Å². The Kier molecular flexibility index (Phi) is 14.2. The molecule has 1 aliphatic rings. The molecule has 0 spiro atoms. The van der Waals surface area contributed by atoms with Crippen molar-refractivity contribution >= 4 is 52.7 Å². The number of anilines is 1. The molecule has 1 aliphatic heterocycles. The molecule has 4 amide bonds. The molecule has 276 valence electrons. The molecular formula is C32H39BN6O11P2. The lowest BCUT2D eigenvalue weighted by Crippen LogP contribution is -2.57. The Hall–Kier alpha value is -4.89. The quantitative estimate of drug-likeness (QED) is 0.0758. The lowest BCUT2D eigenvalue weighted by molar-refractivity contribution is -0.123. The number of nitrogens with one attached hydrogen (secondary N) is 3. The van der Waals surface area contributed by atoms with E-state index in [2.05, 4.69) is 20.6 Å². The summed E-state index contributed by atoms with van der Waals surface area (Å²) in [5, 5.41) is 7.76. The number of ether oxygens (including phenoxy) is 1. The van der Waals surface area contributed by atoms with Gasteiger partial charge in [0.25, 0.3) is 5.91 Å². The predicted molar refractivity (Wildman–Crippen MR) is 189 cm³/mol. The van der Waals surface area contributed by atoms with Gasteiger partial charge in [-0.3, -0.25) is 33.4 Å². The topological polar surface area (TPSA) is 236 Å². The van der Waals surface area contributed by atoms with Crippen molar-refractivity contribution in [1.82, 2.24) is 25.9 Å². The molecule has 0 fully saturated rings. The first-order valence-electron chi connectivity index (χ1n) is 16.2. The van der Waals surface area contributed by atoms with Gasteiger partial charge in [0.2, 0.25) is 17.3 Å². The second-order valence-electron chi connectivity index (χ2n) is 12.2. The van der Waals surface area contributed by atoms with Gasteiger partial charge in [-0.2, -0.15) is 0 Å². The number of benzene rings is 2. The van der Waals surface area contributed by atoms with Gasteiger partial charge in [0.1, 0.15) is 23.2 Å². The van der Waals surface area contributed by atoms with Gasteiger partial charge in [-0.05, 0) is 36.5 Å². The summed E-state index contributed by atoms with van der Waals surface area (Å²) in [6.07, 6.45) is 3.87. The van der Waals surface area contributed by atoms with E-state index in [4.69, 9.17) is 23.8 Å². The molecule has 0 saturated carbocycles. The van der Waals surface area contributed by atoms with Crippen LogP contribution in [0.5, 0.6) is 11.5 Å².